The van der Waals surface area contributed by atoms with Crippen LogP contribution in [0.3, 0.4) is 0 Å². The molecule has 0 amide bonds. The van der Waals surface area contributed by atoms with Crippen LogP contribution in [0.2, 0.25) is 5.02 Å². The molecule has 0 saturated heterocycles. The van der Waals surface area contributed by atoms with Gasteiger partial charge in [-0.3, -0.25) is 0 Å². The van der Waals surface area contributed by atoms with Gasteiger partial charge in [0.1, 0.15) is 11.4 Å². The molecule has 2 rings (SSSR count). The predicted octanol–water partition coefficient (Wildman–Crippen LogP) is 3.01. The van der Waals surface area contributed by atoms with Gasteiger partial charge in [-0.2, -0.15) is 0 Å². The molecule has 1 heterocycles. The number of aromatic nitrogens is 1. The number of carbonyl (C=O) groups is 1. The van der Waals surface area contributed by atoms with E-state index in [4.69, 9.17) is 25.9 Å². The highest BCUT2D eigenvalue weighted by atomic mass is 35.5. The summed E-state index contributed by atoms with van der Waals surface area (Å²) in [6.45, 7) is 1.83. The van der Waals surface area contributed by atoms with Gasteiger partial charge >= 0.3 is 5.97 Å². The number of carboxylic acids is 1. The normalized spacial score (nSPS) is 10.4. The minimum absolute atomic E-state index is 0.196. The average molecular weight is 268 g/mol. The predicted molar refractivity (Wildman–Crippen MR) is 65.2 cm³/mol. The lowest BCUT2D eigenvalue weighted by Crippen LogP contribution is -1.98. The smallest absolute Gasteiger partial charge is 0.374 e. The van der Waals surface area contributed by atoms with Gasteiger partial charge in [-0.25, -0.2) is 9.78 Å². The number of ether oxygens (including phenoxy) is 1. The van der Waals surface area contributed by atoms with Gasteiger partial charge in [-0.15, -0.1) is 0 Å². The van der Waals surface area contributed by atoms with Crippen molar-refractivity contribution in [3.05, 3.63) is 34.9 Å². The molecule has 0 aliphatic heterocycles. The molecule has 94 valence electrons. The molecular weight excluding hydrogens is 258 g/mol. The van der Waals surface area contributed by atoms with E-state index in [0.29, 0.717) is 16.3 Å². The van der Waals surface area contributed by atoms with Gasteiger partial charge in [0.2, 0.25) is 5.76 Å². The molecule has 18 heavy (non-hydrogen) atoms. The monoisotopic (exact) mass is 267 g/mol. The van der Waals surface area contributed by atoms with Crippen LogP contribution in [0, 0.1) is 6.92 Å². The molecule has 0 radical (unpaired) electrons. The fourth-order valence-electron chi connectivity index (χ4n) is 1.60. The molecule has 0 saturated carbocycles. The summed E-state index contributed by atoms with van der Waals surface area (Å²) in [6, 6.07) is 3.33. The molecule has 0 aliphatic rings. The lowest BCUT2D eigenvalue weighted by Gasteiger charge is -2.09. The second-order valence-electron chi connectivity index (χ2n) is 3.64. The van der Waals surface area contributed by atoms with Crippen LogP contribution in [0.5, 0.6) is 5.75 Å². The van der Waals surface area contributed by atoms with Crippen molar-refractivity contribution in [2.24, 2.45) is 0 Å². The van der Waals surface area contributed by atoms with Gasteiger partial charge in [-0.1, -0.05) is 11.6 Å². The molecule has 1 aromatic carbocycles. The number of hydrogen-bond donors (Lipinski definition) is 1. The number of oxazole rings is 1. The Morgan fingerprint density at radius 3 is 2.83 bits per heavy atom. The molecule has 0 unspecified atom stereocenters. The molecule has 0 atom stereocenters. The van der Waals surface area contributed by atoms with Gasteiger partial charge in [0.05, 0.1) is 7.11 Å². The number of aryl methyl sites for hydroxylation is 1. The molecule has 6 heteroatoms. The Labute approximate surface area is 108 Å². The van der Waals surface area contributed by atoms with Crippen molar-refractivity contribution in [3.63, 3.8) is 0 Å². The third kappa shape index (κ3) is 2.04. The number of hydrogen-bond acceptors (Lipinski definition) is 4. The van der Waals surface area contributed by atoms with Crippen LogP contribution in [-0.2, 0) is 0 Å². The zero-order chi connectivity index (χ0) is 13.3. The molecule has 1 aromatic heterocycles. The lowest BCUT2D eigenvalue weighted by atomic mass is 10.1. The van der Waals surface area contributed by atoms with E-state index >= 15 is 0 Å². The van der Waals surface area contributed by atoms with Crippen molar-refractivity contribution in [2.75, 3.05) is 7.11 Å². The van der Waals surface area contributed by atoms with Crippen molar-refractivity contribution in [2.45, 2.75) is 6.92 Å². The first kappa shape index (κ1) is 12.4. The summed E-state index contributed by atoms with van der Waals surface area (Å²) in [6.07, 6.45) is 1.08. The fourth-order valence-corrected chi connectivity index (χ4v) is 1.76. The van der Waals surface area contributed by atoms with E-state index < -0.39 is 5.97 Å². The van der Waals surface area contributed by atoms with E-state index in [1.807, 2.05) is 6.92 Å². The molecule has 0 spiro atoms. The van der Waals surface area contributed by atoms with Crippen LogP contribution < -0.4 is 4.74 Å². The van der Waals surface area contributed by atoms with Gasteiger partial charge in [0, 0.05) is 10.6 Å². The maximum Gasteiger partial charge on any atom is 0.374 e. The number of aromatic carboxylic acids is 1. The number of benzene rings is 1. The Hall–Kier alpha value is -2.01. The summed E-state index contributed by atoms with van der Waals surface area (Å²) in [5.41, 5.74) is 1.51. The summed E-state index contributed by atoms with van der Waals surface area (Å²) >= 11 is 6.03. The van der Waals surface area contributed by atoms with Gasteiger partial charge in [-0.05, 0) is 24.6 Å². The van der Waals surface area contributed by atoms with Crippen LogP contribution in [0.1, 0.15) is 16.1 Å². The summed E-state index contributed by atoms with van der Waals surface area (Å²) < 4.78 is 10.0. The van der Waals surface area contributed by atoms with Crippen molar-refractivity contribution in [1.29, 1.82) is 0 Å². The van der Waals surface area contributed by atoms with Crippen molar-refractivity contribution in [3.8, 4) is 17.0 Å². The fraction of sp³-hybridized carbons (Fsp3) is 0.167. The second kappa shape index (κ2) is 4.70. The Bertz CT molecular complexity index is 606. The SMILES string of the molecule is COc1cc(C)c(Cl)cc1-c1ncoc1C(=O)O. The highest BCUT2D eigenvalue weighted by Crippen LogP contribution is 2.35. The van der Waals surface area contributed by atoms with Gasteiger partial charge < -0.3 is 14.3 Å². The van der Waals surface area contributed by atoms with E-state index in [0.717, 1.165) is 12.0 Å². The number of nitrogens with zero attached hydrogens (tertiary/aromatic N) is 1. The molecule has 2 aromatic rings. The minimum atomic E-state index is -1.19. The third-order valence-corrected chi connectivity index (χ3v) is 2.90. The third-order valence-electron chi connectivity index (χ3n) is 2.50. The zero-order valence-corrected chi connectivity index (χ0v) is 10.5. The quantitative estimate of drug-likeness (QED) is 0.925. The van der Waals surface area contributed by atoms with E-state index in [9.17, 15) is 4.79 Å². The standard InChI is InChI=1S/C12H10ClNO4/c1-6-3-9(17-2)7(4-8(6)13)10-11(12(15)16)18-5-14-10/h3-5H,1-2H3,(H,15,16). The summed E-state index contributed by atoms with van der Waals surface area (Å²) in [4.78, 5) is 14.9. The Balaban J connectivity index is 2.66. The van der Waals surface area contributed by atoms with Crippen molar-refractivity contribution in [1.82, 2.24) is 4.98 Å². The van der Waals surface area contributed by atoms with E-state index in [2.05, 4.69) is 4.98 Å². The maximum atomic E-state index is 11.0. The first-order valence-corrected chi connectivity index (χ1v) is 5.43. The second-order valence-corrected chi connectivity index (χ2v) is 4.04. The largest absolute Gasteiger partial charge is 0.496 e. The highest BCUT2D eigenvalue weighted by molar-refractivity contribution is 6.31. The Kier molecular flexibility index (Phi) is 3.25. The molecule has 1 N–H and O–H groups in total. The van der Waals surface area contributed by atoms with Gasteiger partial charge in [0.25, 0.3) is 0 Å². The lowest BCUT2D eigenvalue weighted by molar-refractivity contribution is 0.0663. The van der Waals surface area contributed by atoms with Crippen LogP contribution in [0.25, 0.3) is 11.3 Å². The van der Waals surface area contributed by atoms with Crippen molar-refractivity contribution < 1.29 is 19.1 Å². The summed E-state index contributed by atoms with van der Waals surface area (Å²) in [5.74, 6) is -0.942. The first-order valence-electron chi connectivity index (χ1n) is 5.06. The molecule has 0 bridgehead atoms. The Morgan fingerprint density at radius 2 is 2.22 bits per heavy atom. The zero-order valence-electron chi connectivity index (χ0n) is 9.73. The number of rotatable bonds is 3. The van der Waals surface area contributed by atoms with Crippen LogP contribution in [0.15, 0.2) is 22.9 Å². The van der Waals surface area contributed by atoms with Crippen molar-refractivity contribution >= 4 is 17.6 Å². The highest BCUT2D eigenvalue weighted by Gasteiger charge is 2.21. The maximum absolute atomic E-state index is 11.0. The topological polar surface area (TPSA) is 72.6 Å². The van der Waals surface area contributed by atoms with E-state index in [-0.39, 0.29) is 11.5 Å². The van der Waals surface area contributed by atoms with Gasteiger partial charge in [0.15, 0.2) is 6.39 Å². The van der Waals surface area contributed by atoms with Crippen LogP contribution in [-0.4, -0.2) is 23.2 Å². The minimum Gasteiger partial charge on any atom is -0.496 e. The summed E-state index contributed by atoms with van der Waals surface area (Å²) in [7, 11) is 1.49. The van der Waals surface area contributed by atoms with E-state index in [1.165, 1.54) is 7.11 Å². The van der Waals surface area contributed by atoms with Crippen LogP contribution >= 0.6 is 11.6 Å². The molecule has 0 aliphatic carbocycles. The summed E-state index contributed by atoms with van der Waals surface area (Å²) in [5, 5.41) is 9.50. The Morgan fingerprint density at radius 1 is 1.50 bits per heavy atom. The molecule has 0 fully saturated rings. The molecular formula is C12H10ClNO4. The van der Waals surface area contributed by atoms with E-state index in [1.54, 1.807) is 12.1 Å². The first-order chi connectivity index (χ1) is 8.54. The average Bonchev–Trinajstić information content (AvgIpc) is 2.81. The van der Waals surface area contributed by atoms with Crippen LogP contribution in [0.4, 0.5) is 0 Å². The number of halogens is 1. The number of methoxy groups -OCH3 is 1. The molecule has 5 nitrogen and oxygen atoms in total. The number of carboxylic acid groups (broad SMARTS) is 1.